The van der Waals surface area contributed by atoms with Gasteiger partial charge in [0.15, 0.2) is 0 Å². The Kier molecular flexibility index (Phi) is 10.2. The zero-order valence-corrected chi connectivity index (χ0v) is 24.3. The number of hydrogen-bond acceptors (Lipinski definition) is 4. The number of nitrogens with zero attached hydrogens (tertiary/aromatic N) is 2. The molecule has 0 aliphatic carbocycles. The van der Waals surface area contributed by atoms with Crippen LogP contribution in [0.15, 0.2) is 120 Å². The van der Waals surface area contributed by atoms with Crippen molar-refractivity contribution in [3.05, 3.63) is 131 Å². The summed E-state index contributed by atoms with van der Waals surface area (Å²) in [5, 5.41) is 3.34. The SMILES string of the molecule is CCNC(=O)[C@H](Cc1ccccc1)N(Cc1cccc(Cl)c1)C(=O)CN(c1ccccc1)S(=O)(=O)c1ccccc1. The Bertz CT molecular complexity index is 1550. The molecule has 0 bridgehead atoms. The molecule has 0 aromatic heterocycles. The van der Waals surface area contributed by atoms with Gasteiger partial charge in [-0.25, -0.2) is 8.42 Å². The van der Waals surface area contributed by atoms with Gasteiger partial charge in [-0.3, -0.25) is 13.9 Å². The summed E-state index contributed by atoms with van der Waals surface area (Å²) in [6.07, 6.45) is 0.246. The van der Waals surface area contributed by atoms with Crippen LogP contribution in [-0.4, -0.2) is 44.3 Å². The van der Waals surface area contributed by atoms with Crippen LogP contribution in [-0.2, 0) is 32.6 Å². The molecule has 9 heteroatoms. The van der Waals surface area contributed by atoms with E-state index in [1.807, 2.05) is 43.3 Å². The Morgan fingerprint density at radius 1 is 0.805 bits per heavy atom. The van der Waals surface area contributed by atoms with Crippen molar-refractivity contribution < 1.29 is 18.0 Å². The van der Waals surface area contributed by atoms with Crippen molar-refractivity contribution in [2.45, 2.75) is 30.8 Å². The molecule has 1 atom stereocenters. The summed E-state index contributed by atoms with van der Waals surface area (Å²) in [6.45, 7) is 1.74. The Balaban J connectivity index is 1.77. The lowest BCUT2D eigenvalue weighted by molar-refractivity contribution is -0.140. The minimum atomic E-state index is -4.11. The van der Waals surface area contributed by atoms with Crippen molar-refractivity contribution in [3.8, 4) is 0 Å². The normalized spacial score (nSPS) is 11.9. The number of hydrogen-bond donors (Lipinski definition) is 1. The number of amides is 2. The van der Waals surface area contributed by atoms with E-state index in [1.165, 1.54) is 17.0 Å². The van der Waals surface area contributed by atoms with Gasteiger partial charge in [0.25, 0.3) is 10.0 Å². The lowest BCUT2D eigenvalue weighted by Crippen LogP contribution is -2.53. The molecule has 0 saturated carbocycles. The van der Waals surface area contributed by atoms with Gasteiger partial charge in [0.05, 0.1) is 10.6 Å². The van der Waals surface area contributed by atoms with Gasteiger partial charge in [-0.1, -0.05) is 90.5 Å². The predicted molar refractivity (Wildman–Crippen MR) is 162 cm³/mol. The lowest BCUT2D eigenvalue weighted by atomic mass is 10.0. The maximum Gasteiger partial charge on any atom is 0.264 e. The average Bonchev–Trinajstić information content (AvgIpc) is 2.99. The van der Waals surface area contributed by atoms with E-state index in [0.29, 0.717) is 22.8 Å². The quantitative estimate of drug-likeness (QED) is 0.243. The van der Waals surface area contributed by atoms with Gasteiger partial charge in [-0.2, -0.15) is 0 Å². The maximum atomic E-state index is 14.2. The smallest absolute Gasteiger partial charge is 0.264 e. The van der Waals surface area contributed by atoms with Gasteiger partial charge in [0.1, 0.15) is 12.6 Å². The Morgan fingerprint density at radius 3 is 2.00 bits per heavy atom. The highest BCUT2D eigenvalue weighted by molar-refractivity contribution is 7.92. The number of anilines is 1. The summed E-state index contributed by atoms with van der Waals surface area (Å²) in [6, 6.07) is 32.0. The molecule has 1 N–H and O–H groups in total. The van der Waals surface area contributed by atoms with E-state index in [0.717, 1.165) is 9.87 Å². The fraction of sp³-hybridized carbons (Fsp3) is 0.188. The van der Waals surface area contributed by atoms with E-state index in [1.54, 1.807) is 66.7 Å². The van der Waals surface area contributed by atoms with Gasteiger partial charge in [-0.05, 0) is 54.4 Å². The highest BCUT2D eigenvalue weighted by Crippen LogP contribution is 2.25. The monoisotopic (exact) mass is 589 g/mol. The predicted octanol–water partition coefficient (Wildman–Crippen LogP) is 5.31. The summed E-state index contributed by atoms with van der Waals surface area (Å²) < 4.78 is 28.8. The minimum absolute atomic E-state index is 0.0576. The molecule has 0 saturated heterocycles. The molecule has 0 radical (unpaired) electrons. The molecule has 0 heterocycles. The van der Waals surface area contributed by atoms with Crippen molar-refractivity contribution in [3.63, 3.8) is 0 Å². The van der Waals surface area contributed by atoms with Crippen LogP contribution in [0.5, 0.6) is 0 Å². The van der Waals surface area contributed by atoms with Crippen LogP contribution >= 0.6 is 11.6 Å². The van der Waals surface area contributed by atoms with Crippen LogP contribution in [0.4, 0.5) is 5.69 Å². The van der Waals surface area contributed by atoms with Gasteiger partial charge < -0.3 is 10.2 Å². The van der Waals surface area contributed by atoms with E-state index < -0.39 is 28.5 Å². The Hall–Kier alpha value is -4.14. The second-order valence-corrected chi connectivity index (χ2v) is 11.7. The molecular formula is C32H32ClN3O4S. The van der Waals surface area contributed by atoms with Crippen LogP contribution in [0.2, 0.25) is 5.02 Å². The number of rotatable bonds is 12. The number of likely N-dealkylation sites (N-methyl/N-ethyl adjacent to an activating group) is 1. The van der Waals surface area contributed by atoms with Gasteiger partial charge in [0, 0.05) is 24.5 Å². The second kappa shape index (κ2) is 14.0. The Labute approximate surface area is 246 Å². The molecule has 212 valence electrons. The standard InChI is InChI=1S/C32H32ClN3O4S/c1-2-34-32(38)30(22-25-13-6-3-7-14-25)35(23-26-15-12-16-27(33)21-26)31(37)24-36(28-17-8-4-9-18-28)41(39,40)29-19-10-5-11-20-29/h3-21,30H,2,22-24H2,1H3,(H,34,38)/t30-/m0/s1. The maximum absolute atomic E-state index is 14.2. The van der Waals surface area contributed by atoms with Gasteiger partial charge in [0.2, 0.25) is 11.8 Å². The second-order valence-electron chi connectivity index (χ2n) is 9.41. The molecule has 7 nitrogen and oxygen atoms in total. The fourth-order valence-corrected chi connectivity index (χ4v) is 6.17. The summed E-state index contributed by atoms with van der Waals surface area (Å²) in [5.41, 5.74) is 1.92. The van der Waals surface area contributed by atoms with Crippen molar-refractivity contribution in [2.24, 2.45) is 0 Å². The molecule has 41 heavy (non-hydrogen) atoms. The highest BCUT2D eigenvalue weighted by atomic mass is 35.5. The molecule has 0 aliphatic rings. The summed E-state index contributed by atoms with van der Waals surface area (Å²) >= 11 is 6.25. The first-order valence-corrected chi connectivity index (χ1v) is 15.1. The van der Waals surface area contributed by atoms with Gasteiger partial charge in [-0.15, -0.1) is 0 Å². The van der Waals surface area contributed by atoms with Crippen LogP contribution in [0.3, 0.4) is 0 Å². The largest absolute Gasteiger partial charge is 0.355 e. The van der Waals surface area contributed by atoms with E-state index in [2.05, 4.69) is 5.32 Å². The fourth-order valence-electron chi connectivity index (χ4n) is 4.52. The third-order valence-corrected chi connectivity index (χ3v) is 8.54. The van der Waals surface area contributed by atoms with Crippen LogP contribution in [0.1, 0.15) is 18.1 Å². The first-order chi connectivity index (χ1) is 19.8. The number of carbonyl (C=O) groups excluding carboxylic acids is 2. The first-order valence-electron chi connectivity index (χ1n) is 13.3. The van der Waals surface area contributed by atoms with Gasteiger partial charge >= 0.3 is 0 Å². The third kappa shape index (κ3) is 7.74. The molecule has 4 aromatic rings. The van der Waals surface area contributed by atoms with E-state index in [9.17, 15) is 18.0 Å². The van der Waals surface area contributed by atoms with Crippen molar-refractivity contribution in [1.82, 2.24) is 10.2 Å². The molecule has 2 amide bonds. The van der Waals surface area contributed by atoms with Crippen molar-refractivity contribution in [2.75, 3.05) is 17.4 Å². The molecule has 0 spiro atoms. The number of nitrogens with one attached hydrogen (secondary N) is 1. The van der Waals surface area contributed by atoms with Crippen LogP contribution in [0.25, 0.3) is 0 Å². The summed E-state index contributed by atoms with van der Waals surface area (Å²) in [4.78, 5) is 29.2. The van der Waals surface area contributed by atoms with E-state index in [4.69, 9.17) is 11.6 Å². The number of halogens is 1. The topological polar surface area (TPSA) is 86.8 Å². The van der Waals surface area contributed by atoms with E-state index >= 15 is 0 Å². The number of benzene rings is 4. The van der Waals surface area contributed by atoms with Crippen molar-refractivity contribution >= 4 is 39.1 Å². The van der Waals surface area contributed by atoms with Crippen LogP contribution < -0.4 is 9.62 Å². The number of para-hydroxylation sites is 1. The molecule has 0 aliphatic heterocycles. The minimum Gasteiger partial charge on any atom is -0.355 e. The van der Waals surface area contributed by atoms with Crippen LogP contribution in [0, 0.1) is 0 Å². The number of carbonyl (C=O) groups is 2. The summed E-state index contributed by atoms with van der Waals surface area (Å²) in [5.74, 6) is -0.857. The zero-order valence-electron chi connectivity index (χ0n) is 22.7. The zero-order chi connectivity index (χ0) is 29.2. The van der Waals surface area contributed by atoms with Crippen molar-refractivity contribution in [1.29, 1.82) is 0 Å². The number of sulfonamides is 1. The average molecular weight is 590 g/mol. The Morgan fingerprint density at radius 2 is 1.39 bits per heavy atom. The molecule has 4 rings (SSSR count). The molecule has 0 fully saturated rings. The molecular weight excluding hydrogens is 558 g/mol. The molecule has 0 unspecified atom stereocenters. The highest BCUT2D eigenvalue weighted by Gasteiger charge is 2.34. The summed E-state index contributed by atoms with van der Waals surface area (Å²) in [7, 11) is -4.11. The van der Waals surface area contributed by atoms with E-state index in [-0.39, 0.29) is 23.8 Å². The molecule has 4 aromatic carbocycles. The third-order valence-electron chi connectivity index (χ3n) is 6.52. The first kappa shape index (κ1) is 29.8. The lowest BCUT2D eigenvalue weighted by Gasteiger charge is -2.33.